The average molecular weight is 225 g/mol. The Morgan fingerprint density at radius 3 is 2.38 bits per heavy atom. The molecule has 0 aliphatic rings. The molecule has 0 aromatic carbocycles. The summed E-state index contributed by atoms with van der Waals surface area (Å²) in [5, 5.41) is 4.06. The van der Waals surface area contributed by atoms with Crippen LogP contribution in [0, 0.1) is 0 Å². The molecule has 0 saturated heterocycles. The number of hydrogen-bond donors (Lipinski definition) is 1. The molecule has 0 fully saturated rings. The third-order valence-corrected chi connectivity index (χ3v) is 3.69. The van der Waals surface area contributed by atoms with Crippen LogP contribution in [0.3, 0.4) is 0 Å². The van der Waals surface area contributed by atoms with E-state index < -0.39 is 0 Å². The SMILES string of the molecule is CCC(C)c1noc(C(CC)(CC)CN)n1. The van der Waals surface area contributed by atoms with E-state index in [1.54, 1.807) is 0 Å². The van der Waals surface area contributed by atoms with Gasteiger partial charge in [-0.1, -0.05) is 32.9 Å². The Balaban J connectivity index is 2.99. The van der Waals surface area contributed by atoms with E-state index in [9.17, 15) is 0 Å². The molecule has 1 heterocycles. The van der Waals surface area contributed by atoms with Crippen molar-refractivity contribution in [3.63, 3.8) is 0 Å². The monoisotopic (exact) mass is 225 g/mol. The summed E-state index contributed by atoms with van der Waals surface area (Å²) in [6.45, 7) is 9.02. The number of rotatable bonds is 6. The van der Waals surface area contributed by atoms with Gasteiger partial charge in [0.1, 0.15) is 0 Å². The van der Waals surface area contributed by atoms with Gasteiger partial charge in [0.25, 0.3) is 0 Å². The second kappa shape index (κ2) is 5.43. The molecule has 1 rings (SSSR count). The van der Waals surface area contributed by atoms with Crippen molar-refractivity contribution in [2.24, 2.45) is 5.73 Å². The Bertz CT molecular complexity index is 310. The number of hydrogen-bond acceptors (Lipinski definition) is 4. The van der Waals surface area contributed by atoms with Crippen LogP contribution in [0.15, 0.2) is 4.52 Å². The second-order valence-corrected chi connectivity index (χ2v) is 4.46. The molecule has 1 atom stereocenters. The molecule has 0 aliphatic heterocycles. The van der Waals surface area contributed by atoms with Gasteiger partial charge in [0, 0.05) is 12.5 Å². The third-order valence-electron chi connectivity index (χ3n) is 3.69. The molecule has 1 aromatic rings. The van der Waals surface area contributed by atoms with Gasteiger partial charge >= 0.3 is 0 Å². The van der Waals surface area contributed by atoms with E-state index in [2.05, 4.69) is 37.8 Å². The van der Waals surface area contributed by atoms with Crippen LogP contribution < -0.4 is 5.73 Å². The van der Waals surface area contributed by atoms with Crippen molar-refractivity contribution in [3.05, 3.63) is 11.7 Å². The predicted molar refractivity (Wildman–Crippen MR) is 64.3 cm³/mol. The van der Waals surface area contributed by atoms with E-state index in [0.717, 1.165) is 25.1 Å². The fraction of sp³-hybridized carbons (Fsp3) is 0.833. The molecular formula is C12H23N3O. The quantitative estimate of drug-likeness (QED) is 0.808. The molecule has 1 aromatic heterocycles. The van der Waals surface area contributed by atoms with E-state index in [1.807, 2.05) is 0 Å². The maximum atomic E-state index is 5.85. The van der Waals surface area contributed by atoms with Gasteiger partial charge in [-0.15, -0.1) is 0 Å². The summed E-state index contributed by atoms with van der Waals surface area (Å²) in [6.07, 6.45) is 2.89. The lowest BCUT2D eigenvalue weighted by molar-refractivity contribution is 0.266. The number of nitrogens with two attached hydrogens (primary N) is 1. The molecule has 4 nitrogen and oxygen atoms in total. The Hall–Kier alpha value is -0.900. The van der Waals surface area contributed by atoms with Crippen LogP contribution in [-0.4, -0.2) is 16.7 Å². The minimum atomic E-state index is -0.140. The van der Waals surface area contributed by atoms with Gasteiger partial charge in [0.05, 0.1) is 5.41 Å². The van der Waals surface area contributed by atoms with Crippen LogP contribution in [0.5, 0.6) is 0 Å². The van der Waals surface area contributed by atoms with E-state index in [0.29, 0.717) is 18.4 Å². The van der Waals surface area contributed by atoms with Gasteiger partial charge in [-0.05, 0) is 19.3 Å². The van der Waals surface area contributed by atoms with Crippen molar-refractivity contribution < 1.29 is 4.52 Å². The first-order chi connectivity index (χ1) is 7.63. The van der Waals surface area contributed by atoms with Crippen molar-refractivity contribution in [1.29, 1.82) is 0 Å². The normalized spacial score (nSPS) is 14.1. The van der Waals surface area contributed by atoms with E-state index in [4.69, 9.17) is 10.3 Å². The van der Waals surface area contributed by atoms with Crippen molar-refractivity contribution >= 4 is 0 Å². The Morgan fingerprint density at radius 2 is 1.94 bits per heavy atom. The summed E-state index contributed by atoms with van der Waals surface area (Å²) in [7, 11) is 0. The van der Waals surface area contributed by atoms with E-state index in [1.165, 1.54) is 0 Å². The number of nitrogens with zero attached hydrogens (tertiary/aromatic N) is 2. The standard InChI is InChI=1S/C12H23N3O/c1-5-9(4)10-14-11(16-15-10)12(6-2,7-3)8-13/h9H,5-8,13H2,1-4H3. The molecule has 92 valence electrons. The van der Waals surface area contributed by atoms with Crippen molar-refractivity contribution in [3.8, 4) is 0 Å². The van der Waals surface area contributed by atoms with Gasteiger partial charge in [0.15, 0.2) is 5.82 Å². The zero-order valence-corrected chi connectivity index (χ0v) is 10.8. The molecule has 0 aliphatic carbocycles. The molecule has 4 heteroatoms. The average Bonchev–Trinajstić information content (AvgIpc) is 2.81. The second-order valence-electron chi connectivity index (χ2n) is 4.46. The van der Waals surface area contributed by atoms with Gasteiger partial charge < -0.3 is 10.3 Å². The van der Waals surface area contributed by atoms with Gasteiger partial charge in [-0.25, -0.2) is 0 Å². The molecule has 16 heavy (non-hydrogen) atoms. The summed E-state index contributed by atoms with van der Waals surface area (Å²) in [5.41, 5.74) is 5.71. The fourth-order valence-electron chi connectivity index (χ4n) is 1.76. The Morgan fingerprint density at radius 1 is 1.31 bits per heavy atom. The lowest BCUT2D eigenvalue weighted by Crippen LogP contribution is -2.34. The maximum absolute atomic E-state index is 5.85. The third kappa shape index (κ3) is 2.26. The summed E-state index contributed by atoms with van der Waals surface area (Å²) in [6, 6.07) is 0. The van der Waals surface area contributed by atoms with E-state index >= 15 is 0 Å². The van der Waals surface area contributed by atoms with Crippen LogP contribution in [0.4, 0.5) is 0 Å². The highest BCUT2D eigenvalue weighted by Crippen LogP contribution is 2.30. The summed E-state index contributed by atoms with van der Waals surface area (Å²) in [4.78, 5) is 4.51. The van der Waals surface area contributed by atoms with Gasteiger partial charge in [-0.3, -0.25) is 0 Å². The maximum Gasteiger partial charge on any atom is 0.234 e. The minimum absolute atomic E-state index is 0.140. The zero-order valence-electron chi connectivity index (χ0n) is 10.8. The first-order valence-corrected chi connectivity index (χ1v) is 6.17. The minimum Gasteiger partial charge on any atom is -0.339 e. The smallest absolute Gasteiger partial charge is 0.234 e. The highest BCUT2D eigenvalue weighted by molar-refractivity contribution is 5.07. The number of aromatic nitrogens is 2. The highest BCUT2D eigenvalue weighted by Gasteiger charge is 2.33. The van der Waals surface area contributed by atoms with Crippen molar-refractivity contribution in [2.45, 2.75) is 58.3 Å². The van der Waals surface area contributed by atoms with Crippen LogP contribution >= 0.6 is 0 Å². The molecular weight excluding hydrogens is 202 g/mol. The molecule has 0 amide bonds. The van der Waals surface area contributed by atoms with Crippen LogP contribution in [-0.2, 0) is 5.41 Å². The molecule has 0 saturated carbocycles. The molecule has 0 bridgehead atoms. The van der Waals surface area contributed by atoms with Gasteiger partial charge in [-0.2, -0.15) is 4.98 Å². The fourth-order valence-corrected chi connectivity index (χ4v) is 1.76. The summed E-state index contributed by atoms with van der Waals surface area (Å²) in [5.74, 6) is 1.86. The Labute approximate surface area is 97.6 Å². The molecule has 1 unspecified atom stereocenters. The first-order valence-electron chi connectivity index (χ1n) is 6.17. The predicted octanol–water partition coefficient (Wildman–Crippen LogP) is 2.60. The topological polar surface area (TPSA) is 64.9 Å². The van der Waals surface area contributed by atoms with Crippen LogP contribution in [0.2, 0.25) is 0 Å². The largest absolute Gasteiger partial charge is 0.339 e. The lowest BCUT2D eigenvalue weighted by atomic mass is 9.82. The molecule has 0 spiro atoms. The first kappa shape index (κ1) is 13.2. The molecule has 0 radical (unpaired) electrons. The Kier molecular flexibility index (Phi) is 4.47. The van der Waals surface area contributed by atoms with Crippen LogP contribution in [0.25, 0.3) is 0 Å². The van der Waals surface area contributed by atoms with Gasteiger partial charge in [0.2, 0.25) is 5.89 Å². The lowest BCUT2D eigenvalue weighted by Gasteiger charge is -2.24. The zero-order chi connectivity index (χ0) is 12.2. The van der Waals surface area contributed by atoms with Crippen LogP contribution in [0.1, 0.15) is 64.6 Å². The van der Waals surface area contributed by atoms with Crippen molar-refractivity contribution in [1.82, 2.24) is 10.1 Å². The van der Waals surface area contributed by atoms with E-state index in [-0.39, 0.29) is 5.41 Å². The summed E-state index contributed by atoms with van der Waals surface area (Å²) < 4.78 is 5.38. The van der Waals surface area contributed by atoms with Crippen molar-refractivity contribution in [2.75, 3.05) is 6.54 Å². The summed E-state index contributed by atoms with van der Waals surface area (Å²) >= 11 is 0. The highest BCUT2D eigenvalue weighted by atomic mass is 16.5. The molecule has 2 N–H and O–H groups in total.